The molecular formula is C14H20NO2Si. The number of phenols is 1. The molecule has 0 saturated heterocycles. The van der Waals surface area contributed by atoms with Gasteiger partial charge in [0.15, 0.2) is 0 Å². The van der Waals surface area contributed by atoms with Crippen LogP contribution in [-0.4, -0.2) is 14.1 Å². The lowest BCUT2D eigenvalue weighted by Crippen LogP contribution is -2.25. The highest BCUT2D eigenvalue weighted by atomic mass is 28.3. The molecule has 1 unspecified atom stereocenters. The molecule has 1 N–H and O–H groups in total. The molecule has 0 heterocycles. The maximum absolute atomic E-state index is 9.77. The molecule has 3 nitrogen and oxygen atoms in total. The van der Waals surface area contributed by atoms with Crippen molar-refractivity contribution in [2.75, 3.05) is 0 Å². The van der Waals surface area contributed by atoms with Gasteiger partial charge in [-0.3, -0.25) is 0 Å². The largest absolute Gasteiger partial charge is 0.507 e. The second kappa shape index (κ2) is 5.55. The Labute approximate surface area is 111 Å². The van der Waals surface area contributed by atoms with E-state index in [1.54, 1.807) is 12.1 Å². The fraction of sp³-hybridized carbons (Fsp3) is 0.500. The Hall–Kier alpha value is -1.31. The lowest BCUT2D eigenvalue weighted by Gasteiger charge is -2.32. The molecule has 0 bridgehead atoms. The summed E-state index contributed by atoms with van der Waals surface area (Å²) in [5.74, 6) is 0.0221. The fourth-order valence-corrected chi connectivity index (χ4v) is 2.75. The van der Waals surface area contributed by atoms with Gasteiger partial charge in [-0.1, -0.05) is 26.8 Å². The first-order valence-corrected chi connectivity index (χ1v) is 8.36. The second-order valence-electron chi connectivity index (χ2n) is 5.66. The van der Waals surface area contributed by atoms with Crippen LogP contribution in [0.5, 0.6) is 5.75 Å². The van der Waals surface area contributed by atoms with Crippen molar-refractivity contribution in [3.05, 3.63) is 29.3 Å². The molecule has 1 rings (SSSR count). The van der Waals surface area contributed by atoms with E-state index in [1.165, 1.54) is 0 Å². The highest BCUT2D eigenvalue weighted by Gasteiger charge is 2.28. The summed E-state index contributed by atoms with van der Waals surface area (Å²) < 4.78 is 6.04. The molecule has 97 valence electrons. The van der Waals surface area contributed by atoms with Gasteiger partial charge in [0.25, 0.3) is 0 Å². The third kappa shape index (κ3) is 3.59. The van der Waals surface area contributed by atoms with E-state index in [0.717, 1.165) is 5.56 Å². The Bertz CT molecular complexity index is 458. The number of benzene rings is 1. The molecule has 1 aromatic rings. The van der Waals surface area contributed by atoms with Gasteiger partial charge in [0, 0.05) is 0 Å². The van der Waals surface area contributed by atoms with Gasteiger partial charge in [-0.05, 0) is 36.2 Å². The van der Waals surface area contributed by atoms with Gasteiger partial charge < -0.3 is 9.53 Å². The molecule has 0 saturated carbocycles. The molecule has 1 aromatic carbocycles. The number of nitrogens with zero attached hydrogens (tertiary/aromatic N) is 1. The second-order valence-corrected chi connectivity index (χ2v) is 7.71. The first kappa shape index (κ1) is 14.7. The Kier molecular flexibility index (Phi) is 4.55. The van der Waals surface area contributed by atoms with Gasteiger partial charge >= 0.3 is 0 Å². The summed E-state index contributed by atoms with van der Waals surface area (Å²) in [6.45, 7) is 10.5. The Morgan fingerprint density at radius 3 is 2.33 bits per heavy atom. The lowest BCUT2D eigenvalue weighted by atomic mass is 9.84. The lowest BCUT2D eigenvalue weighted by molar-refractivity contribution is 0.0864. The van der Waals surface area contributed by atoms with E-state index in [0.29, 0.717) is 5.56 Å². The average molecular weight is 262 g/mol. The van der Waals surface area contributed by atoms with Crippen molar-refractivity contribution in [2.45, 2.75) is 40.0 Å². The van der Waals surface area contributed by atoms with E-state index >= 15 is 0 Å². The topological polar surface area (TPSA) is 53.2 Å². The number of hydrogen-bond donors (Lipinski definition) is 1. The van der Waals surface area contributed by atoms with Crippen molar-refractivity contribution >= 4 is 9.04 Å². The number of hydrogen-bond acceptors (Lipinski definition) is 3. The van der Waals surface area contributed by atoms with Gasteiger partial charge in [-0.2, -0.15) is 5.26 Å². The Morgan fingerprint density at radius 1 is 1.33 bits per heavy atom. The van der Waals surface area contributed by atoms with Gasteiger partial charge in [0.05, 0.1) is 11.7 Å². The summed E-state index contributed by atoms with van der Waals surface area (Å²) in [7, 11) is -0.838. The predicted molar refractivity (Wildman–Crippen MR) is 73.6 cm³/mol. The minimum atomic E-state index is -0.838. The highest BCUT2D eigenvalue weighted by Crippen LogP contribution is 2.38. The van der Waals surface area contributed by atoms with Crippen LogP contribution in [0.2, 0.25) is 13.1 Å². The monoisotopic (exact) mass is 262 g/mol. The van der Waals surface area contributed by atoms with Crippen molar-refractivity contribution in [3.63, 3.8) is 0 Å². The summed E-state index contributed by atoms with van der Waals surface area (Å²) in [5.41, 5.74) is 1.16. The number of nitriles is 1. The minimum absolute atomic E-state index is 0.0221. The number of rotatable bonds is 3. The number of phenolic OH excluding ortho intramolecular Hbond substituents is 1. The molecule has 18 heavy (non-hydrogen) atoms. The Balaban J connectivity index is 3.15. The quantitative estimate of drug-likeness (QED) is 0.846. The molecule has 0 aliphatic rings. The van der Waals surface area contributed by atoms with Gasteiger partial charge in [-0.15, -0.1) is 0 Å². The van der Waals surface area contributed by atoms with E-state index in [1.807, 2.05) is 12.1 Å². The molecular weight excluding hydrogens is 242 g/mol. The summed E-state index contributed by atoms with van der Waals surface area (Å²) in [6.07, 6.45) is -0.0694. The molecule has 0 amide bonds. The molecule has 0 aliphatic carbocycles. The molecule has 0 spiro atoms. The maximum Gasteiger partial charge on any atom is 0.205 e. The highest BCUT2D eigenvalue weighted by molar-refractivity contribution is 6.48. The summed E-state index contributed by atoms with van der Waals surface area (Å²) in [6, 6.07) is 7.10. The van der Waals surface area contributed by atoms with Crippen molar-refractivity contribution in [3.8, 4) is 11.8 Å². The van der Waals surface area contributed by atoms with Crippen LogP contribution in [0, 0.1) is 16.7 Å². The normalized spacial score (nSPS) is 13.4. The summed E-state index contributed by atoms with van der Waals surface area (Å²) >= 11 is 0. The van der Waals surface area contributed by atoms with Crippen LogP contribution in [0.3, 0.4) is 0 Å². The van der Waals surface area contributed by atoms with Crippen LogP contribution in [0.4, 0.5) is 0 Å². The SMILES string of the molecule is C[Si](C)OC(c1ccc(C#N)c(O)c1)C(C)(C)C. The van der Waals surface area contributed by atoms with Crippen LogP contribution in [0.1, 0.15) is 38.0 Å². The fourth-order valence-electron chi connectivity index (χ4n) is 1.79. The van der Waals surface area contributed by atoms with Crippen LogP contribution in [-0.2, 0) is 4.43 Å². The molecule has 4 heteroatoms. The van der Waals surface area contributed by atoms with Crippen molar-refractivity contribution < 1.29 is 9.53 Å². The molecule has 1 atom stereocenters. The zero-order chi connectivity index (χ0) is 13.9. The maximum atomic E-state index is 9.77. The first-order chi connectivity index (χ1) is 8.25. The molecule has 1 radical (unpaired) electrons. The third-order valence-electron chi connectivity index (χ3n) is 2.59. The molecule has 0 aromatic heterocycles. The third-order valence-corrected chi connectivity index (χ3v) is 3.29. The van der Waals surface area contributed by atoms with Crippen LogP contribution in [0.25, 0.3) is 0 Å². The van der Waals surface area contributed by atoms with Crippen LogP contribution < -0.4 is 0 Å². The van der Waals surface area contributed by atoms with Crippen molar-refractivity contribution in [2.24, 2.45) is 5.41 Å². The zero-order valence-corrected chi connectivity index (χ0v) is 12.6. The van der Waals surface area contributed by atoms with Gasteiger partial charge in [0.2, 0.25) is 9.04 Å². The first-order valence-electron chi connectivity index (χ1n) is 5.95. The van der Waals surface area contributed by atoms with E-state index in [-0.39, 0.29) is 17.3 Å². The van der Waals surface area contributed by atoms with E-state index in [2.05, 4.69) is 33.9 Å². The molecule has 0 fully saturated rings. The Morgan fingerprint density at radius 2 is 1.94 bits per heavy atom. The summed E-state index contributed by atoms with van der Waals surface area (Å²) in [5, 5.41) is 18.6. The minimum Gasteiger partial charge on any atom is -0.507 e. The summed E-state index contributed by atoms with van der Waals surface area (Å²) in [4.78, 5) is 0. The average Bonchev–Trinajstić information content (AvgIpc) is 2.24. The van der Waals surface area contributed by atoms with Gasteiger partial charge in [0.1, 0.15) is 11.8 Å². The van der Waals surface area contributed by atoms with Crippen LogP contribution in [0.15, 0.2) is 18.2 Å². The van der Waals surface area contributed by atoms with Crippen LogP contribution >= 0.6 is 0 Å². The molecule has 0 aliphatic heterocycles. The predicted octanol–water partition coefficient (Wildman–Crippen LogP) is 3.62. The van der Waals surface area contributed by atoms with Crippen molar-refractivity contribution in [1.29, 1.82) is 5.26 Å². The van der Waals surface area contributed by atoms with E-state index in [9.17, 15) is 5.11 Å². The zero-order valence-electron chi connectivity index (χ0n) is 11.6. The van der Waals surface area contributed by atoms with Crippen molar-refractivity contribution in [1.82, 2.24) is 0 Å². The van der Waals surface area contributed by atoms with Gasteiger partial charge in [-0.25, -0.2) is 0 Å². The van der Waals surface area contributed by atoms with E-state index < -0.39 is 9.04 Å². The standard InChI is InChI=1S/C14H20NO2Si/c1-14(2,3)13(17-18(4)5)10-6-7-11(9-15)12(16)8-10/h6-8,13,16H,1-5H3. The smallest absolute Gasteiger partial charge is 0.205 e. The van der Waals surface area contributed by atoms with E-state index in [4.69, 9.17) is 9.69 Å². The number of aromatic hydroxyl groups is 1.